The van der Waals surface area contributed by atoms with Crippen LogP contribution in [0.3, 0.4) is 0 Å². The Labute approximate surface area is 104 Å². The molecular formula is C13H10ClNS. The van der Waals surface area contributed by atoms with Crippen LogP contribution in [0.1, 0.15) is 0 Å². The summed E-state index contributed by atoms with van der Waals surface area (Å²) >= 11 is 7.36. The molecule has 2 aromatic carbocycles. The van der Waals surface area contributed by atoms with Gasteiger partial charge in [-0.3, -0.25) is 0 Å². The molecule has 0 aromatic heterocycles. The highest BCUT2D eigenvalue weighted by Gasteiger charge is 2.03. The van der Waals surface area contributed by atoms with E-state index in [1.807, 2.05) is 18.2 Å². The average Bonchev–Trinajstić information content (AvgIpc) is 2.35. The minimum absolute atomic E-state index is 0.420. The first-order valence-corrected chi connectivity index (χ1v) is 6.37. The Morgan fingerprint density at radius 3 is 2.69 bits per heavy atom. The summed E-state index contributed by atoms with van der Waals surface area (Å²) in [6.45, 7) is 0. The van der Waals surface area contributed by atoms with Crippen molar-refractivity contribution in [3.8, 4) is 6.07 Å². The summed E-state index contributed by atoms with van der Waals surface area (Å²) in [5.41, 5.74) is 0. The third-order valence-electron chi connectivity index (χ3n) is 2.26. The van der Waals surface area contributed by atoms with Crippen molar-refractivity contribution in [3.63, 3.8) is 0 Å². The normalized spacial score (nSPS) is 12.2. The summed E-state index contributed by atoms with van der Waals surface area (Å²) in [5.74, 6) is 0.621. The van der Waals surface area contributed by atoms with E-state index in [0.717, 1.165) is 4.90 Å². The predicted molar refractivity (Wildman–Crippen MR) is 69.9 cm³/mol. The van der Waals surface area contributed by atoms with Crippen LogP contribution in [0.25, 0.3) is 10.8 Å². The monoisotopic (exact) mass is 247 g/mol. The standard InChI is InChI=1S/C13H10ClNS/c14-12(8-15)9-16-13-6-5-10-3-1-2-4-11(10)7-13/h1-7,12H,9H2. The molecule has 0 aliphatic heterocycles. The zero-order valence-corrected chi connectivity index (χ0v) is 10.1. The molecule has 80 valence electrons. The van der Waals surface area contributed by atoms with Gasteiger partial charge in [0.2, 0.25) is 0 Å². The molecule has 0 heterocycles. The Bertz CT molecular complexity index is 533. The van der Waals surface area contributed by atoms with Crippen LogP contribution >= 0.6 is 23.4 Å². The van der Waals surface area contributed by atoms with Crippen LogP contribution in [0, 0.1) is 11.3 Å². The van der Waals surface area contributed by atoms with Crippen molar-refractivity contribution in [2.24, 2.45) is 0 Å². The third-order valence-corrected chi connectivity index (χ3v) is 3.78. The van der Waals surface area contributed by atoms with Crippen LogP contribution in [-0.4, -0.2) is 11.1 Å². The van der Waals surface area contributed by atoms with E-state index in [1.54, 1.807) is 11.8 Å². The van der Waals surface area contributed by atoms with Crippen molar-refractivity contribution in [1.29, 1.82) is 5.26 Å². The number of halogens is 1. The molecule has 1 unspecified atom stereocenters. The Morgan fingerprint density at radius 1 is 1.19 bits per heavy atom. The Hall–Kier alpha value is -1.17. The molecule has 3 heteroatoms. The maximum absolute atomic E-state index is 8.59. The second-order valence-electron chi connectivity index (χ2n) is 3.42. The largest absolute Gasteiger partial charge is 0.197 e. The van der Waals surface area contributed by atoms with Gasteiger partial charge in [0, 0.05) is 10.6 Å². The van der Waals surface area contributed by atoms with E-state index >= 15 is 0 Å². The topological polar surface area (TPSA) is 23.8 Å². The zero-order chi connectivity index (χ0) is 11.4. The van der Waals surface area contributed by atoms with E-state index in [2.05, 4.69) is 30.3 Å². The van der Waals surface area contributed by atoms with Crippen molar-refractivity contribution in [3.05, 3.63) is 42.5 Å². The number of alkyl halides is 1. The highest BCUT2D eigenvalue weighted by atomic mass is 35.5. The number of nitrogens with zero attached hydrogens (tertiary/aromatic N) is 1. The van der Waals surface area contributed by atoms with Crippen LogP contribution in [0.2, 0.25) is 0 Å². The average molecular weight is 248 g/mol. The molecule has 1 atom stereocenters. The number of rotatable bonds is 3. The Kier molecular flexibility index (Phi) is 3.71. The molecule has 0 aliphatic rings. The van der Waals surface area contributed by atoms with Crippen LogP contribution in [-0.2, 0) is 0 Å². The molecule has 0 saturated heterocycles. The molecule has 0 fully saturated rings. The van der Waals surface area contributed by atoms with Gasteiger partial charge in [-0.1, -0.05) is 30.3 Å². The molecule has 1 nitrogen and oxygen atoms in total. The molecule has 2 aromatic rings. The Balaban J connectivity index is 2.17. The molecule has 16 heavy (non-hydrogen) atoms. The second-order valence-corrected chi connectivity index (χ2v) is 5.04. The van der Waals surface area contributed by atoms with Crippen LogP contribution < -0.4 is 0 Å². The van der Waals surface area contributed by atoms with Gasteiger partial charge < -0.3 is 0 Å². The lowest BCUT2D eigenvalue weighted by Gasteiger charge is -2.03. The van der Waals surface area contributed by atoms with Crippen LogP contribution in [0.4, 0.5) is 0 Å². The van der Waals surface area contributed by atoms with Gasteiger partial charge in [0.1, 0.15) is 5.38 Å². The van der Waals surface area contributed by atoms with Gasteiger partial charge in [0.05, 0.1) is 6.07 Å². The summed E-state index contributed by atoms with van der Waals surface area (Å²) in [4.78, 5) is 1.15. The maximum atomic E-state index is 8.59. The number of thioether (sulfide) groups is 1. The van der Waals surface area contributed by atoms with Crippen molar-refractivity contribution in [1.82, 2.24) is 0 Å². The second kappa shape index (κ2) is 5.25. The molecule has 0 amide bonds. The lowest BCUT2D eigenvalue weighted by atomic mass is 10.1. The maximum Gasteiger partial charge on any atom is 0.129 e. The van der Waals surface area contributed by atoms with E-state index < -0.39 is 5.38 Å². The summed E-state index contributed by atoms with van der Waals surface area (Å²) in [6, 6.07) is 16.5. The van der Waals surface area contributed by atoms with Gasteiger partial charge in [-0.2, -0.15) is 5.26 Å². The van der Waals surface area contributed by atoms with E-state index in [4.69, 9.17) is 16.9 Å². The van der Waals surface area contributed by atoms with Gasteiger partial charge in [0.25, 0.3) is 0 Å². The van der Waals surface area contributed by atoms with E-state index in [0.29, 0.717) is 5.75 Å². The fraction of sp³-hybridized carbons (Fsp3) is 0.154. The van der Waals surface area contributed by atoms with Crippen molar-refractivity contribution in [2.45, 2.75) is 10.3 Å². The summed E-state index contributed by atoms with van der Waals surface area (Å²) in [7, 11) is 0. The number of hydrogen-bond donors (Lipinski definition) is 0. The van der Waals surface area contributed by atoms with Gasteiger partial charge in [-0.15, -0.1) is 23.4 Å². The quantitative estimate of drug-likeness (QED) is 0.603. The van der Waals surface area contributed by atoms with Crippen molar-refractivity contribution >= 4 is 34.1 Å². The first-order valence-electron chi connectivity index (χ1n) is 4.95. The molecule has 0 radical (unpaired) electrons. The minimum atomic E-state index is -0.420. The summed E-state index contributed by atoms with van der Waals surface area (Å²) < 4.78 is 0. The summed E-state index contributed by atoms with van der Waals surface area (Å²) in [6.07, 6.45) is 0. The Morgan fingerprint density at radius 2 is 1.94 bits per heavy atom. The van der Waals surface area contributed by atoms with Crippen molar-refractivity contribution < 1.29 is 0 Å². The number of nitriles is 1. The van der Waals surface area contributed by atoms with Gasteiger partial charge in [0.15, 0.2) is 0 Å². The van der Waals surface area contributed by atoms with Crippen molar-refractivity contribution in [2.75, 3.05) is 5.75 Å². The SMILES string of the molecule is N#CC(Cl)CSc1ccc2ccccc2c1. The summed E-state index contributed by atoms with van der Waals surface area (Å²) in [5, 5.41) is 10.6. The number of benzene rings is 2. The number of hydrogen-bond acceptors (Lipinski definition) is 2. The van der Waals surface area contributed by atoms with Crippen LogP contribution in [0.5, 0.6) is 0 Å². The highest BCUT2D eigenvalue weighted by molar-refractivity contribution is 7.99. The molecule has 0 saturated carbocycles. The molecule has 0 N–H and O–H groups in total. The number of fused-ring (bicyclic) bond motifs is 1. The van der Waals surface area contributed by atoms with E-state index in [1.165, 1.54) is 10.8 Å². The third kappa shape index (κ3) is 2.69. The fourth-order valence-electron chi connectivity index (χ4n) is 1.46. The highest BCUT2D eigenvalue weighted by Crippen LogP contribution is 2.24. The lowest BCUT2D eigenvalue weighted by molar-refractivity contribution is 1.24. The first-order chi connectivity index (χ1) is 7.79. The van der Waals surface area contributed by atoms with Gasteiger partial charge in [-0.05, 0) is 22.9 Å². The molecule has 0 bridgehead atoms. The molecule has 0 spiro atoms. The zero-order valence-electron chi connectivity index (χ0n) is 8.56. The fourth-order valence-corrected chi connectivity index (χ4v) is 2.44. The predicted octanol–water partition coefficient (Wildman–Crippen LogP) is 4.06. The van der Waals surface area contributed by atoms with Gasteiger partial charge >= 0.3 is 0 Å². The molecule has 2 rings (SSSR count). The van der Waals surface area contributed by atoms with Crippen LogP contribution in [0.15, 0.2) is 47.4 Å². The molecule has 0 aliphatic carbocycles. The first kappa shape index (κ1) is 11.3. The molecular weight excluding hydrogens is 238 g/mol. The minimum Gasteiger partial charge on any atom is -0.197 e. The lowest BCUT2D eigenvalue weighted by Crippen LogP contribution is -1.96. The smallest absolute Gasteiger partial charge is 0.129 e. The van der Waals surface area contributed by atoms with E-state index in [9.17, 15) is 0 Å². The van der Waals surface area contributed by atoms with E-state index in [-0.39, 0.29) is 0 Å². The van der Waals surface area contributed by atoms with Gasteiger partial charge in [-0.25, -0.2) is 0 Å².